The van der Waals surface area contributed by atoms with Crippen LogP contribution in [-0.2, 0) is 14.4 Å². The topological polar surface area (TPSA) is 110 Å². The number of carboxylic acid groups (broad SMARTS) is 2. The number of thioether (sulfide) groups is 1. The zero-order valence-electron chi connectivity index (χ0n) is 12.4. The number of methoxy groups -OCH3 is 1. The van der Waals surface area contributed by atoms with E-state index in [1.54, 1.807) is 24.3 Å². The van der Waals surface area contributed by atoms with Gasteiger partial charge < -0.3 is 24.5 Å². The van der Waals surface area contributed by atoms with Crippen LogP contribution in [0.15, 0.2) is 29.2 Å². The molecule has 7 nitrogen and oxygen atoms in total. The van der Waals surface area contributed by atoms with E-state index in [0.29, 0.717) is 11.3 Å². The lowest BCUT2D eigenvalue weighted by Gasteiger charge is -2.27. The molecule has 1 aliphatic rings. The van der Waals surface area contributed by atoms with Gasteiger partial charge in [0.2, 0.25) is 0 Å². The second kappa shape index (κ2) is 7.45. The molecule has 0 aliphatic carbocycles. The van der Waals surface area contributed by atoms with E-state index in [9.17, 15) is 24.6 Å². The zero-order chi connectivity index (χ0) is 17.9. The minimum absolute atomic E-state index is 0.0461. The molecule has 1 fully saturated rings. The van der Waals surface area contributed by atoms with E-state index < -0.39 is 30.3 Å². The van der Waals surface area contributed by atoms with Crippen LogP contribution in [0, 0.1) is 0 Å². The van der Waals surface area contributed by atoms with Gasteiger partial charge in [0.05, 0.1) is 24.0 Å². The van der Waals surface area contributed by atoms with Crippen molar-refractivity contribution in [1.82, 2.24) is 4.90 Å². The Morgan fingerprint density at radius 2 is 1.96 bits per heavy atom. The Balaban J connectivity index is 2.27. The number of carbonyl (C=O) groups is 3. The first-order valence-electron chi connectivity index (χ1n) is 6.65. The number of benzene rings is 1. The normalized spacial score (nSPS) is 17.2. The number of amides is 1. The average Bonchev–Trinajstić information content (AvgIpc) is 2.79. The van der Waals surface area contributed by atoms with E-state index in [1.165, 1.54) is 13.2 Å². The van der Waals surface area contributed by atoms with Crippen LogP contribution < -0.4 is 14.9 Å². The maximum atomic E-state index is 12.4. The van der Waals surface area contributed by atoms with Gasteiger partial charge >= 0.3 is 0 Å². The number of aliphatic carboxylic acids is 2. The summed E-state index contributed by atoms with van der Waals surface area (Å²) in [5, 5.41) is 21.9. The van der Waals surface area contributed by atoms with Gasteiger partial charge in [-0.3, -0.25) is 9.69 Å². The van der Waals surface area contributed by atoms with Crippen molar-refractivity contribution >= 4 is 52.2 Å². The molecule has 0 unspecified atom stereocenters. The van der Waals surface area contributed by atoms with Gasteiger partial charge in [0, 0.05) is 12.4 Å². The van der Waals surface area contributed by atoms with Crippen LogP contribution in [0.1, 0.15) is 12.0 Å². The Bertz CT molecular complexity index is 728. The largest absolute Gasteiger partial charge is 0.550 e. The number of thiocarbonyl (C=S) groups is 1. The van der Waals surface area contributed by atoms with E-state index in [0.717, 1.165) is 16.7 Å². The first-order chi connectivity index (χ1) is 11.3. The third-order valence-electron chi connectivity index (χ3n) is 3.18. The maximum Gasteiger partial charge on any atom is 0.266 e. The van der Waals surface area contributed by atoms with E-state index in [2.05, 4.69) is 0 Å². The molecule has 1 aromatic carbocycles. The van der Waals surface area contributed by atoms with E-state index in [1.807, 2.05) is 0 Å². The summed E-state index contributed by atoms with van der Waals surface area (Å²) in [6.45, 7) is 0. The first-order valence-corrected chi connectivity index (χ1v) is 7.87. The quantitative estimate of drug-likeness (QED) is 0.474. The van der Waals surface area contributed by atoms with Gasteiger partial charge in [0.15, 0.2) is 0 Å². The number of ether oxygens (including phenoxy) is 1. The van der Waals surface area contributed by atoms with E-state index in [4.69, 9.17) is 17.0 Å². The van der Waals surface area contributed by atoms with Crippen molar-refractivity contribution in [1.29, 1.82) is 0 Å². The van der Waals surface area contributed by atoms with Gasteiger partial charge in [0.1, 0.15) is 10.1 Å². The van der Waals surface area contributed by atoms with Gasteiger partial charge in [-0.15, -0.1) is 0 Å². The summed E-state index contributed by atoms with van der Waals surface area (Å²) < 4.78 is 4.99. The third-order valence-corrected chi connectivity index (χ3v) is 4.51. The van der Waals surface area contributed by atoms with Gasteiger partial charge in [-0.2, -0.15) is 0 Å². The van der Waals surface area contributed by atoms with Crippen molar-refractivity contribution in [2.45, 2.75) is 12.5 Å². The lowest BCUT2D eigenvalue weighted by atomic mass is 10.1. The molecule has 126 valence electrons. The zero-order valence-corrected chi connectivity index (χ0v) is 14.0. The molecule has 1 aromatic rings. The van der Waals surface area contributed by atoms with Crippen LogP contribution in [0.25, 0.3) is 6.08 Å². The minimum Gasteiger partial charge on any atom is -0.550 e. The molecule has 2 rings (SSSR count). The fourth-order valence-corrected chi connectivity index (χ4v) is 3.39. The van der Waals surface area contributed by atoms with Crippen molar-refractivity contribution in [3.63, 3.8) is 0 Å². The Labute approximate surface area is 146 Å². The highest BCUT2D eigenvalue weighted by atomic mass is 32.2. The van der Waals surface area contributed by atoms with Crippen molar-refractivity contribution < 1.29 is 29.3 Å². The molecule has 1 atom stereocenters. The average molecular weight is 365 g/mol. The molecule has 1 amide bonds. The lowest BCUT2D eigenvalue weighted by Crippen LogP contribution is -2.52. The van der Waals surface area contributed by atoms with E-state index >= 15 is 0 Å². The molecule has 0 N–H and O–H groups in total. The number of carboxylic acids is 2. The van der Waals surface area contributed by atoms with Crippen LogP contribution in [0.2, 0.25) is 0 Å². The summed E-state index contributed by atoms with van der Waals surface area (Å²) in [4.78, 5) is 35.2. The third kappa shape index (κ3) is 3.92. The van der Waals surface area contributed by atoms with Crippen molar-refractivity contribution in [3.05, 3.63) is 34.7 Å². The predicted molar refractivity (Wildman–Crippen MR) is 86.4 cm³/mol. The van der Waals surface area contributed by atoms with Crippen LogP contribution in [0.3, 0.4) is 0 Å². The Hall–Kier alpha value is -2.39. The highest BCUT2D eigenvalue weighted by Crippen LogP contribution is 2.34. The summed E-state index contributed by atoms with van der Waals surface area (Å²) in [5.74, 6) is -3.36. The molecular weight excluding hydrogens is 354 g/mol. The highest BCUT2D eigenvalue weighted by molar-refractivity contribution is 8.26. The number of rotatable bonds is 6. The Kier molecular flexibility index (Phi) is 5.58. The number of carbonyl (C=O) groups excluding carboxylic acids is 3. The molecule has 0 saturated carbocycles. The number of hydrogen-bond donors (Lipinski definition) is 0. The molecule has 0 bridgehead atoms. The first kappa shape index (κ1) is 18.0. The number of hydrogen-bond acceptors (Lipinski definition) is 8. The van der Waals surface area contributed by atoms with E-state index in [-0.39, 0.29) is 9.23 Å². The van der Waals surface area contributed by atoms with Crippen LogP contribution in [0.5, 0.6) is 5.75 Å². The Morgan fingerprint density at radius 3 is 2.46 bits per heavy atom. The molecule has 9 heteroatoms. The molecule has 1 heterocycles. The summed E-state index contributed by atoms with van der Waals surface area (Å²) in [7, 11) is 1.53. The van der Waals surface area contributed by atoms with Crippen molar-refractivity contribution in [2.24, 2.45) is 0 Å². The maximum absolute atomic E-state index is 12.4. The molecule has 0 aromatic heterocycles. The summed E-state index contributed by atoms with van der Waals surface area (Å²) >= 11 is 5.89. The molecule has 1 aliphatic heterocycles. The SMILES string of the molecule is COc1ccc(/C=C2\SC(=S)N([C@@H](CC(=O)[O-])C(=O)[O-])C2=O)cc1. The molecule has 0 radical (unpaired) electrons. The van der Waals surface area contributed by atoms with Gasteiger partial charge in [-0.25, -0.2) is 0 Å². The van der Waals surface area contributed by atoms with Gasteiger partial charge in [0.25, 0.3) is 5.91 Å². The predicted octanol–water partition coefficient (Wildman–Crippen LogP) is -0.845. The van der Waals surface area contributed by atoms with Crippen LogP contribution >= 0.6 is 24.0 Å². The smallest absolute Gasteiger partial charge is 0.266 e. The Morgan fingerprint density at radius 1 is 1.33 bits per heavy atom. The second-order valence-corrected chi connectivity index (χ2v) is 6.41. The highest BCUT2D eigenvalue weighted by Gasteiger charge is 2.37. The monoisotopic (exact) mass is 365 g/mol. The van der Waals surface area contributed by atoms with Crippen LogP contribution in [-0.4, -0.2) is 40.2 Å². The summed E-state index contributed by atoms with van der Waals surface area (Å²) in [5.41, 5.74) is 0.682. The number of nitrogens with zero attached hydrogens (tertiary/aromatic N) is 1. The standard InChI is InChI=1S/C15H13NO6S2/c1-22-9-4-2-8(3-5-9)6-11-13(19)16(15(23)24-11)10(14(20)21)7-12(17)18/h2-6,10H,7H2,1H3,(H,17,18)(H,20,21)/p-2/b11-6-/t10-/m0/s1. The van der Waals surface area contributed by atoms with Crippen LogP contribution in [0.4, 0.5) is 0 Å². The fraction of sp³-hybridized carbons (Fsp3) is 0.200. The fourth-order valence-electron chi connectivity index (χ4n) is 2.04. The van der Waals surface area contributed by atoms with Crippen molar-refractivity contribution in [2.75, 3.05) is 7.11 Å². The molecular formula is C15H11NO6S2-2. The van der Waals surface area contributed by atoms with Gasteiger partial charge in [-0.05, 0) is 23.8 Å². The minimum atomic E-state index is -1.71. The molecule has 24 heavy (non-hydrogen) atoms. The lowest BCUT2D eigenvalue weighted by molar-refractivity contribution is -0.319. The molecule has 1 saturated heterocycles. The summed E-state index contributed by atoms with van der Waals surface area (Å²) in [6, 6.07) is 5.12. The van der Waals surface area contributed by atoms with Gasteiger partial charge in [-0.1, -0.05) is 36.1 Å². The summed E-state index contributed by atoms with van der Waals surface area (Å²) in [6.07, 6.45) is 0.634. The second-order valence-electron chi connectivity index (χ2n) is 4.74. The molecule has 0 spiro atoms. The van der Waals surface area contributed by atoms with Crippen molar-refractivity contribution in [3.8, 4) is 5.75 Å².